The normalized spacial score (nSPS) is 14.4. The smallest absolute Gasteiger partial charge is 0.259 e. The van der Waals surface area contributed by atoms with Crippen molar-refractivity contribution in [1.82, 2.24) is 19.4 Å². The van der Waals surface area contributed by atoms with E-state index in [0.29, 0.717) is 10.7 Å². The Morgan fingerprint density at radius 2 is 1.91 bits per heavy atom. The first-order chi connectivity index (χ1) is 16.3. The summed E-state index contributed by atoms with van der Waals surface area (Å²) in [6.07, 6.45) is 9.23. The molecular formula is C26H27N5OS. The zero-order valence-electron chi connectivity index (χ0n) is 18.5. The third kappa shape index (κ3) is 5.05. The van der Waals surface area contributed by atoms with Crippen LogP contribution in [0.15, 0.2) is 72.5 Å². The predicted molar refractivity (Wildman–Crippen MR) is 135 cm³/mol. The van der Waals surface area contributed by atoms with Crippen LogP contribution in [-0.4, -0.2) is 45.0 Å². The van der Waals surface area contributed by atoms with Crippen molar-refractivity contribution in [3.8, 4) is 0 Å². The SMILES string of the molecule is O=C(Nc1nccs1)c1cccc2c1ncn2CCCCN1CC=C(c2ccccc2)CC1. The van der Waals surface area contributed by atoms with Gasteiger partial charge in [0.15, 0.2) is 5.13 Å². The summed E-state index contributed by atoms with van der Waals surface area (Å²) in [5.41, 5.74) is 5.13. The fourth-order valence-electron chi connectivity index (χ4n) is 4.35. The number of nitrogens with one attached hydrogen (secondary N) is 1. The molecule has 6 nitrogen and oxygen atoms in total. The van der Waals surface area contributed by atoms with Crippen LogP contribution in [0.3, 0.4) is 0 Å². The number of anilines is 1. The van der Waals surface area contributed by atoms with Crippen LogP contribution < -0.4 is 5.32 Å². The second-order valence-electron chi connectivity index (χ2n) is 8.26. The van der Waals surface area contributed by atoms with Gasteiger partial charge in [-0.15, -0.1) is 11.3 Å². The molecule has 0 radical (unpaired) electrons. The van der Waals surface area contributed by atoms with E-state index in [9.17, 15) is 4.79 Å². The number of hydrogen-bond donors (Lipinski definition) is 1. The summed E-state index contributed by atoms with van der Waals surface area (Å²) < 4.78 is 2.15. The number of nitrogens with zero attached hydrogens (tertiary/aromatic N) is 4. The van der Waals surface area contributed by atoms with E-state index in [1.807, 2.05) is 29.9 Å². The van der Waals surface area contributed by atoms with Crippen molar-refractivity contribution in [2.75, 3.05) is 25.0 Å². The van der Waals surface area contributed by atoms with Crippen LogP contribution in [0.4, 0.5) is 5.13 Å². The minimum absolute atomic E-state index is 0.172. The molecule has 4 aromatic rings. The highest BCUT2D eigenvalue weighted by Crippen LogP contribution is 2.23. The first-order valence-corrected chi connectivity index (χ1v) is 12.3. The lowest BCUT2D eigenvalue weighted by Gasteiger charge is -2.26. The zero-order valence-corrected chi connectivity index (χ0v) is 19.3. The molecule has 7 heteroatoms. The van der Waals surface area contributed by atoms with Crippen molar-refractivity contribution in [3.05, 3.63) is 83.6 Å². The van der Waals surface area contributed by atoms with Crippen molar-refractivity contribution < 1.29 is 4.79 Å². The van der Waals surface area contributed by atoms with Gasteiger partial charge in [-0.1, -0.05) is 42.5 Å². The van der Waals surface area contributed by atoms with Gasteiger partial charge in [-0.2, -0.15) is 0 Å². The van der Waals surface area contributed by atoms with Gasteiger partial charge in [0.05, 0.1) is 17.4 Å². The summed E-state index contributed by atoms with van der Waals surface area (Å²) in [5.74, 6) is -0.172. The number of amides is 1. The predicted octanol–water partition coefficient (Wildman–Crippen LogP) is 5.31. The molecule has 0 atom stereocenters. The third-order valence-electron chi connectivity index (χ3n) is 6.11. The van der Waals surface area contributed by atoms with Gasteiger partial charge >= 0.3 is 0 Å². The maximum atomic E-state index is 12.7. The van der Waals surface area contributed by atoms with Gasteiger partial charge in [0.25, 0.3) is 5.91 Å². The van der Waals surface area contributed by atoms with E-state index < -0.39 is 0 Å². The fourth-order valence-corrected chi connectivity index (χ4v) is 4.87. The summed E-state index contributed by atoms with van der Waals surface area (Å²) in [4.78, 5) is 23.9. The van der Waals surface area contributed by atoms with Gasteiger partial charge in [-0.05, 0) is 49.1 Å². The summed E-state index contributed by atoms with van der Waals surface area (Å²) >= 11 is 1.40. The minimum atomic E-state index is -0.172. The van der Waals surface area contributed by atoms with Gasteiger partial charge in [-0.25, -0.2) is 9.97 Å². The summed E-state index contributed by atoms with van der Waals surface area (Å²) in [5, 5.41) is 5.29. The number of aryl methyl sites for hydroxylation is 1. The van der Waals surface area contributed by atoms with Crippen LogP contribution in [0.25, 0.3) is 16.6 Å². The largest absolute Gasteiger partial charge is 0.331 e. The molecule has 0 bridgehead atoms. The number of fused-ring (bicyclic) bond motifs is 1. The van der Waals surface area contributed by atoms with Crippen LogP contribution in [0.5, 0.6) is 0 Å². The molecule has 1 N–H and O–H groups in total. The molecule has 3 heterocycles. The van der Waals surface area contributed by atoms with Crippen LogP contribution in [0.2, 0.25) is 0 Å². The molecule has 0 saturated heterocycles. The summed E-state index contributed by atoms with van der Waals surface area (Å²) in [6.45, 7) is 4.14. The molecule has 0 fully saturated rings. The number of carbonyl (C=O) groups excluding carboxylic acids is 1. The number of hydrogen-bond acceptors (Lipinski definition) is 5. The van der Waals surface area contributed by atoms with Crippen LogP contribution in [0.1, 0.15) is 35.2 Å². The Bertz CT molecular complexity index is 1250. The standard InChI is InChI=1S/C26H27N5OS/c32-25(29-26-27-13-18-33-26)22-9-6-10-23-24(22)28-19-31(23)15-5-4-14-30-16-11-21(12-17-30)20-7-2-1-3-8-20/h1-3,6-11,13,18-19H,4-5,12,14-17H2,(H,27,29,32). The Labute approximate surface area is 197 Å². The molecule has 1 amide bonds. The molecule has 2 aromatic carbocycles. The lowest BCUT2D eigenvalue weighted by Crippen LogP contribution is -2.29. The molecule has 5 rings (SSSR count). The molecule has 1 aliphatic rings. The van der Waals surface area contributed by atoms with E-state index >= 15 is 0 Å². The van der Waals surface area contributed by atoms with Crippen LogP contribution >= 0.6 is 11.3 Å². The lowest BCUT2D eigenvalue weighted by atomic mass is 9.99. The number of para-hydroxylation sites is 1. The van der Waals surface area contributed by atoms with E-state index in [1.54, 1.807) is 6.20 Å². The molecule has 0 unspecified atom stereocenters. The summed E-state index contributed by atoms with van der Waals surface area (Å²) in [7, 11) is 0. The molecule has 1 aliphatic heterocycles. The van der Waals surface area contributed by atoms with Gasteiger partial charge in [0.1, 0.15) is 5.52 Å². The Hall–Kier alpha value is -3.29. The topological polar surface area (TPSA) is 63.1 Å². The van der Waals surface area contributed by atoms with Gasteiger partial charge in [0.2, 0.25) is 0 Å². The highest BCUT2D eigenvalue weighted by molar-refractivity contribution is 7.13. The number of aromatic nitrogens is 3. The third-order valence-corrected chi connectivity index (χ3v) is 6.80. The Kier molecular flexibility index (Phi) is 6.60. The van der Waals surface area contributed by atoms with Gasteiger partial charge < -0.3 is 4.57 Å². The number of imidazole rings is 1. The Balaban J connectivity index is 1.14. The fraction of sp³-hybridized carbons (Fsp3) is 0.269. The second-order valence-corrected chi connectivity index (χ2v) is 9.15. The van der Waals surface area contributed by atoms with E-state index in [-0.39, 0.29) is 5.91 Å². The zero-order chi connectivity index (χ0) is 22.5. The average Bonchev–Trinajstić information content (AvgIpc) is 3.52. The van der Waals surface area contributed by atoms with Crippen molar-refractivity contribution in [3.63, 3.8) is 0 Å². The maximum Gasteiger partial charge on any atom is 0.259 e. The van der Waals surface area contributed by atoms with Crippen molar-refractivity contribution in [1.29, 1.82) is 0 Å². The second kappa shape index (κ2) is 10.1. The number of thiazole rings is 1. The highest BCUT2D eigenvalue weighted by atomic mass is 32.1. The Morgan fingerprint density at radius 3 is 2.70 bits per heavy atom. The van der Waals surface area contributed by atoms with Crippen molar-refractivity contribution >= 4 is 39.0 Å². The first-order valence-electron chi connectivity index (χ1n) is 11.4. The number of rotatable bonds is 8. The molecule has 0 saturated carbocycles. The van der Waals surface area contributed by atoms with E-state index in [1.165, 1.54) is 22.5 Å². The first kappa shape index (κ1) is 21.6. The van der Waals surface area contributed by atoms with Crippen molar-refractivity contribution in [2.45, 2.75) is 25.8 Å². The maximum absolute atomic E-state index is 12.7. The summed E-state index contributed by atoms with van der Waals surface area (Å²) in [6, 6.07) is 16.5. The number of unbranched alkanes of at least 4 members (excludes halogenated alkanes) is 1. The van der Waals surface area contributed by atoms with E-state index in [0.717, 1.165) is 56.5 Å². The van der Waals surface area contributed by atoms with Gasteiger partial charge in [-0.3, -0.25) is 15.0 Å². The molecule has 33 heavy (non-hydrogen) atoms. The number of carbonyl (C=O) groups is 1. The lowest BCUT2D eigenvalue weighted by molar-refractivity contribution is 0.102. The van der Waals surface area contributed by atoms with Gasteiger partial charge in [0, 0.05) is 31.2 Å². The molecule has 0 spiro atoms. The molecule has 0 aliphatic carbocycles. The van der Waals surface area contributed by atoms with Crippen LogP contribution in [0, 0.1) is 0 Å². The average molecular weight is 458 g/mol. The highest BCUT2D eigenvalue weighted by Gasteiger charge is 2.15. The molecule has 168 valence electrons. The van der Waals surface area contributed by atoms with Crippen molar-refractivity contribution in [2.24, 2.45) is 0 Å². The minimum Gasteiger partial charge on any atom is -0.331 e. The number of benzene rings is 2. The monoisotopic (exact) mass is 457 g/mol. The van der Waals surface area contributed by atoms with Crippen LogP contribution in [-0.2, 0) is 6.54 Å². The van der Waals surface area contributed by atoms with E-state index in [2.05, 4.69) is 61.2 Å². The Morgan fingerprint density at radius 1 is 1.03 bits per heavy atom. The van der Waals surface area contributed by atoms with E-state index in [4.69, 9.17) is 0 Å². The molecular weight excluding hydrogens is 430 g/mol. The quantitative estimate of drug-likeness (QED) is 0.364. The molecule has 2 aromatic heterocycles.